The van der Waals surface area contributed by atoms with E-state index in [2.05, 4.69) is 17.4 Å². The van der Waals surface area contributed by atoms with E-state index in [1.54, 1.807) is 6.92 Å². The number of carbonyl (C=O) groups is 1. The number of rotatable bonds is 3. The number of carbonyl (C=O) groups excluding carboxylic acids is 1. The minimum Gasteiger partial charge on any atom is -0.351 e. The van der Waals surface area contributed by atoms with Crippen LogP contribution in [0.1, 0.15) is 25.3 Å². The van der Waals surface area contributed by atoms with E-state index in [4.69, 9.17) is 0 Å². The van der Waals surface area contributed by atoms with Gasteiger partial charge in [0.1, 0.15) is 0 Å². The molecule has 0 radical (unpaired) electrons. The topological polar surface area (TPSA) is 29.1 Å². The SMILES string of the molecule is CC(=O)NC1(Cc2ccccc2)CC1. The van der Waals surface area contributed by atoms with Gasteiger partial charge in [-0.1, -0.05) is 30.3 Å². The van der Waals surface area contributed by atoms with Crippen molar-refractivity contribution >= 4 is 5.91 Å². The fourth-order valence-electron chi connectivity index (χ4n) is 1.86. The highest BCUT2D eigenvalue weighted by atomic mass is 16.1. The fourth-order valence-corrected chi connectivity index (χ4v) is 1.86. The zero-order chi connectivity index (χ0) is 10.0. The third-order valence-electron chi connectivity index (χ3n) is 2.68. The minimum absolute atomic E-state index is 0.0766. The van der Waals surface area contributed by atoms with Gasteiger partial charge < -0.3 is 5.32 Å². The van der Waals surface area contributed by atoms with Gasteiger partial charge in [0.15, 0.2) is 0 Å². The maximum atomic E-state index is 11.0. The summed E-state index contributed by atoms with van der Waals surface area (Å²) in [6.07, 6.45) is 3.19. The molecular weight excluding hydrogens is 174 g/mol. The van der Waals surface area contributed by atoms with Crippen LogP contribution in [0.2, 0.25) is 0 Å². The second-order valence-electron chi connectivity index (χ2n) is 4.12. The average Bonchev–Trinajstić information content (AvgIpc) is 2.85. The van der Waals surface area contributed by atoms with Crippen molar-refractivity contribution in [3.63, 3.8) is 0 Å². The van der Waals surface area contributed by atoms with E-state index >= 15 is 0 Å². The average molecular weight is 189 g/mol. The summed E-state index contributed by atoms with van der Waals surface area (Å²) >= 11 is 0. The number of hydrogen-bond donors (Lipinski definition) is 1. The van der Waals surface area contributed by atoms with Gasteiger partial charge >= 0.3 is 0 Å². The van der Waals surface area contributed by atoms with Crippen molar-refractivity contribution in [1.29, 1.82) is 0 Å². The molecule has 2 rings (SSSR count). The Kier molecular flexibility index (Phi) is 2.28. The standard InChI is InChI=1S/C12H15NO/c1-10(14)13-12(7-8-12)9-11-5-3-2-4-6-11/h2-6H,7-9H2,1H3,(H,13,14). The summed E-state index contributed by atoms with van der Waals surface area (Å²) in [4.78, 5) is 11.0. The lowest BCUT2D eigenvalue weighted by atomic mass is 10.0. The minimum atomic E-state index is 0.0766. The third kappa shape index (κ3) is 2.13. The number of amides is 1. The molecule has 1 aliphatic carbocycles. The first kappa shape index (κ1) is 9.25. The Morgan fingerprint density at radius 3 is 2.50 bits per heavy atom. The molecule has 0 saturated heterocycles. The third-order valence-corrected chi connectivity index (χ3v) is 2.68. The van der Waals surface area contributed by atoms with Crippen LogP contribution in [-0.2, 0) is 11.2 Å². The van der Waals surface area contributed by atoms with Crippen LogP contribution in [0.5, 0.6) is 0 Å². The van der Waals surface area contributed by atoms with Gasteiger partial charge in [-0.25, -0.2) is 0 Å². The first-order chi connectivity index (χ1) is 6.70. The second-order valence-corrected chi connectivity index (χ2v) is 4.12. The Hall–Kier alpha value is -1.31. The number of hydrogen-bond acceptors (Lipinski definition) is 1. The summed E-state index contributed by atoms with van der Waals surface area (Å²) in [5.41, 5.74) is 1.38. The van der Waals surface area contributed by atoms with Crippen molar-refractivity contribution in [3.05, 3.63) is 35.9 Å². The molecule has 0 heterocycles. The molecule has 1 N–H and O–H groups in total. The monoisotopic (exact) mass is 189 g/mol. The summed E-state index contributed by atoms with van der Waals surface area (Å²) in [6.45, 7) is 1.59. The molecule has 1 aromatic carbocycles. The van der Waals surface area contributed by atoms with Crippen LogP contribution in [0.4, 0.5) is 0 Å². The smallest absolute Gasteiger partial charge is 0.217 e. The van der Waals surface area contributed by atoms with Gasteiger partial charge in [-0.15, -0.1) is 0 Å². The molecule has 0 unspecified atom stereocenters. The Morgan fingerprint density at radius 1 is 1.36 bits per heavy atom. The Balaban J connectivity index is 2.01. The van der Waals surface area contributed by atoms with E-state index in [1.807, 2.05) is 18.2 Å². The Morgan fingerprint density at radius 2 is 2.00 bits per heavy atom. The maximum absolute atomic E-state index is 11.0. The van der Waals surface area contributed by atoms with Crippen LogP contribution in [-0.4, -0.2) is 11.4 Å². The molecule has 0 atom stereocenters. The summed E-state index contributed by atoms with van der Waals surface area (Å²) in [5.74, 6) is 0.0819. The van der Waals surface area contributed by atoms with Gasteiger partial charge in [0.2, 0.25) is 5.91 Å². The lowest BCUT2D eigenvalue weighted by Gasteiger charge is -2.15. The summed E-state index contributed by atoms with van der Waals surface area (Å²) in [5, 5.41) is 3.04. The van der Waals surface area contributed by atoms with E-state index in [9.17, 15) is 4.79 Å². The highest BCUT2D eigenvalue weighted by Crippen LogP contribution is 2.38. The Labute approximate surface area is 84.3 Å². The molecule has 2 nitrogen and oxygen atoms in total. The van der Waals surface area contributed by atoms with E-state index in [-0.39, 0.29) is 11.4 Å². The van der Waals surface area contributed by atoms with Crippen LogP contribution >= 0.6 is 0 Å². The zero-order valence-electron chi connectivity index (χ0n) is 8.42. The van der Waals surface area contributed by atoms with Crippen LogP contribution < -0.4 is 5.32 Å². The number of nitrogens with one attached hydrogen (secondary N) is 1. The van der Waals surface area contributed by atoms with E-state index in [0.717, 1.165) is 19.3 Å². The lowest BCUT2D eigenvalue weighted by Crippen LogP contribution is -2.36. The zero-order valence-corrected chi connectivity index (χ0v) is 8.42. The van der Waals surface area contributed by atoms with Crippen molar-refractivity contribution in [2.24, 2.45) is 0 Å². The van der Waals surface area contributed by atoms with Crippen molar-refractivity contribution < 1.29 is 4.79 Å². The second kappa shape index (κ2) is 3.45. The molecule has 0 spiro atoms. The summed E-state index contributed by atoms with van der Waals surface area (Å²) in [7, 11) is 0. The molecule has 1 amide bonds. The quantitative estimate of drug-likeness (QED) is 0.773. The highest BCUT2D eigenvalue weighted by molar-refractivity contribution is 5.74. The van der Waals surface area contributed by atoms with Gasteiger partial charge in [0.25, 0.3) is 0 Å². The molecule has 2 heteroatoms. The lowest BCUT2D eigenvalue weighted by molar-refractivity contribution is -0.119. The van der Waals surface area contributed by atoms with Crippen LogP contribution in [0.25, 0.3) is 0 Å². The molecule has 1 aliphatic rings. The van der Waals surface area contributed by atoms with Crippen LogP contribution in [0, 0.1) is 0 Å². The van der Waals surface area contributed by atoms with Gasteiger partial charge in [0, 0.05) is 12.5 Å². The highest BCUT2D eigenvalue weighted by Gasteiger charge is 2.43. The largest absolute Gasteiger partial charge is 0.351 e. The molecule has 1 fully saturated rings. The predicted molar refractivity (Wildman–Crippen MR) is 55.9 cm³/mol. The van der Waals surface area contributed by atoms with Crippen LogP contribution in [0.15, 0.2) is 30.3 Å². The molecule has 1 aromatic rings. The van der Waals surface area contributed by atoms with Crippen molar-refractivity contribution in [2.45, 2.75) is 31.7 Å². The Bertz CT molecular complexity index is 327. The molecule has 74 valence electrons. The van der Waals surface area contributed by atoms with E-state index in [1.165, 1.54) is 5.56 Å². The van der Waals surface area contributed by atoms with Gasteiger partial charge in [-0.2, -0.15) is 0 Å². The van der Waals surface area contributed by atoms with Crippen molar-refractivity contribution in [3.8, 4) is 0 Å². The maximum Gasteiger partial charge on any atom is 0.217 e. The molecule has 14 heavy (non-hydrogen) atoms. The van der Waals surface area contributed by atoms with E-state index in [0.29, 0.717) is 0 Å². The van der Waals surface area contributed by atoms with Gasteiger partial charge in [-0.3, -0.25) is 4.79 Å². The van der Waals surface area contributed by atoms with Crippen LogP contribution in [0.3, 0.4) is 0 Å². The summed E-state index contributed by atoms with van der Waals surface area (Å²) < 4.78 is 0. The molecule has 0 bridgehead atoms. The summed E-state index contributed by atoms with van der Waals surface area (Å²) in [6, 6.07) is 10.3. The molecule has 0 aliphatic heterocycles. The first-order valence-corrected chi connectivity index (χ1v) is 5.03. The van der Waals surface area contributed by atoms with E-state index < -0.39 is 0 Å². The number of benzene rings is 1. The van der Waals surface area contributed by atoms with Crippen molar-refractivity contribution in [1.82, 2.24) is 5.32 Å². The molecule has 1 saturated carbocycles. The predicted octanol–water partition coefficient (Wildman–Crippen LogP) is 1.90. The molecule has 0 aromatic heterocycles. The van der Waals surface area contributed by atoms with Gasteiger partial charge in [0.05, 0.1) is 0 Å². The fraction of sp³-hybridized carbons (Fsp3) is 0.417. The van der Waals surface area contributed by atoms with Gasteiger partial charge in [-0.05, 0) is 24.8 Å². The van der Waals surface area contributed by atoms with Crippen molar-refractivity contribution in [2.75, 3.05) is 0 Å². The normalized spacial score (nSPS) is 17.5. The first-order valence-electron chi connectivity index (χ1n) is 5.03. The molecular formula is C12H15NO.